The third kappa shape index (κ3) is 4.60. The molecule has 35 heavy (non-hydrogen) atoms. The van der Waals surface area contributed by atoms with Crippen LogP contribution in [-0.2, 0) is 20.4 Å². The number of hydrogen-bond donors (Lipinski definition) is 1. The predicted molar refractivity (Wildman–Crippen MR) is 126 cm³/mol. The van der Waals surface area contributed by atoms with Gasteiger partial charge in [0.25, 0.3) is 10.0 Å². The first-order valence-corrected chi connectivity index (χ1v) is 13.8. The van der Waals surface area contributed by atoms with Crippen LogP contribution in [-0.4, -0.2) is 86.4 Å². The van der Waals surface area contributed by atoms with Crippen LogP contribution in [0, 0.1) is 0 Å². The van der Waals surface area contributed by atoms with E-state index in [9.17, 15) is 26.7 Å². The minimum atomic E-state index is -4.80. The van der Waals surface area contributed by atoms with Crippen LogP contribution in [0.2, 0.25) is 0 Å². The van der Waals surface area contributed by atoms with E-state index in [1.165, 1.54) is 27.8 Å². The molecule has 0 aliphatic carbocycles. The van der Waals surface area contributed by atoms with Gasteiger partial charge >= 0.3 is 6.18 Å². The number of aliphatic hydroxyl groups is 1. The Hall–Kier alpha value is -1.70. The Labute approximate surface area is 206 Å². The molecule has 3 aliphatic rings. The second-order valence-corrected chi connectivity index (χ2v) is 12.7. The van der Waals surface area contributed by atoms with E-state index in [0.717, 1.165) is 19.9 Å². The number of ether oxygens (including phenoxy) is 1. The summed E-state index contributed by atoms with van der Waals surface area (Å²) in [5.74, 6) is 0. The second-order valence-electron chi connectivity index (χ2n) is 9.56. The maximum atomic E-state index is 13.3. The number of benzene rings is 1. The number of sulfonamides is 1. The molecule has 0 unspecified atom stereocenters. The van der Waals surface area contributed by atoms with E-state index >= 15 is 0 Å². The average molecular weight is 532 g/mol. The van der Waals surface area contributed by atoms with Crippen LogP contribution in [0.4, 0.5) is 18.9 Å². The highest BCUT2D eigenvalue weighted by Gasteiger charge is 2.51. The predicted octanol–water partition coefficient (Wildman–Crippen LogP) is 2.87. The molecule has 0 radical (unpaired) electrons. The molecule has 1 N–H and O–H groups in total. The van der Waals surface area contributed by atoms with Gasteiger partial charge in [0.15, 0.2) is 5.60 Å². The van der Waals surface area contributed by atoms with Crippen molar-refractivity contribution in [1.29, 1.82) is 0 Å². The SMILES string of the molecule is C[C@@](O)(c1ccc(N2CCN(S(=O)(=O)c3cccs3)C[C@H]2CN2C[C@H]3C[C@@H]2CO3)cc1)C(F)(F)F. The molecule has 7 nitrogen and oxygen atoms in total. The number of hydrogen-bond acceptors (Lipinski definition) is 7. The molecule has 4 atom stereocenters. The lowest BCUT2D eigenvalue weighted by Crippen LogP contribution is -2.59. The van der Waals surface area contributed by atoms with Crippen molar-refractivity contribution in [2.45, 2.75) is 47.5 Å². The zero-order valence-electron chi connectivity index (χ0n) is 19.2. The summed E-state index contributed by atoms with van der Waals surface area (Å²) in [6.07, 6.45) is -3.63. The van der Waals surface area contributed by atoms with Crippen molar-refractivity contribution in [3.8, 4) is 0 Å². The highest BCUT2D eigenvalue weighted by atomic mass is 32.2. The van der Waals surface area contributed by atoms with Crippen molar-refractivity contribution in [3.05, 3.63) is 47.3 Å². The smallest absolute Gasteiger partial charge is 0.376 e. The fourth-order valence-electron chi connectivity index (χ4n) is 5.19. The van der Waals surface area contributed by atoms with E-state index in [1.54, 1.807) is 29.6 Å². The molecular weight excluding hydrogens is 503 g/mol. The van der Waals surface area contributed by atoms with Gasteiger partial charge in [-0.2, -0.15) is 17.5 Å². The molecule has 2 aromatic rings. The monoisotopic (exact) mass is 531 g/mol. The highest BCUT2D eigenvalue weighted by Crippen LogP contribution is 2.39. The number of morpholine rings is 1. The van der Waals surface area contributed by atoms with Gasteiger partial charge in [0.2, 0.25) is 0 Å². The van der Waals surface area contributed by atoms with Gasteiger partial charge in [-0.3, -0.25) is 4.90 Å². The number of thiophene rings is 1. The molecule has 3 saturated heterocycles. The Morgan fingerprint density at radius 3 is 2.46 bits per heavy atom. The van der Waals surface area contributed by atoms with Gasteiger partial charge in [0, 0.05) is 44.5 Å². The van der Waals surface area contributed by atoms with Crippen LogP contribution in [0.1, 0.15) is 18.9 Å². The third-order valence-electron chi connectivity index (χ3n) is 7.31. The van der Waals surface area contributed by atoms with Crippen LogP contribution in [0.5, 0.6) is 0 Å². The molecule has 12 heteroatoms. The maximum Gasteiger partial charge on any atom is 0.421 e. The maximum absolute atomic E-state index is 13.3. The van der Waals surface area contributed by atoms with E-state index in [-0.39, 0.29) is 30.8 Å². The van der Waals surface area contributed by atoms with E-state index in [4.69, 9.17) is 4.74 Å². The minimum Gasteiger partial charge on any atom is -0.376 e. The number of piperazine rings is 1. The van der Waals surface area contributed by atoms with Crippen molar-refractivity contribution in [2.75, 3.05) is 44.2 Å². The van der Waals surface area contributed by atoms with Crippen molar-refractivity contribution in [1.82, 2.24) is 9.21 Å². The summed E-state index contributed by atoms with van der Waals surface area (Å²) in [6, 6.07) is 9.16. The summed E-state index contributed by atoms with van der Waals surface area (Å²) in [4.78, 5) is 4.40. The van der Waals surface area contributed by atoms with Gasteiger partial charge in [0.1, 0.15) is 4.21 Å². The van der Waals surface area contributed by atoms with Crippen LogP contribution < -0.4 is 4.90 Å². The highest BCUT2D eigenvalue weighted by molar-refractivity contribution is 7.91. The first-order valence-electron chi connectivity index (χ1n) is 11.5. The van der Waals surface area contributed by atoms with Crippen molar-refractivity contribution >= 4 is 27.0 Å². The molecule has 2 bridgehead atoms. The molecule has 3 aliphatic heterocycles. The Morgan fingerprint density at radius 1 is 1.14 bits per heavy atom. The molecular formula is C23H28F3N3O4S2. The molecule has 192 valence electrons. The Balaban J connectivity index is 1.40. The summed E-state index contributed by atoms with van der Waals surface area (Å²) < 4.78 is 73.7. The van der Waals surface area contributed by atoms with Crippen molar-refractivity contribution in [3.63, 3.8) is 0 Å². The molecule has 4 heterocycles. The molecule has 1 aromatic carbocycles. The van der Waals surface area contributed by atoms with Gasteiger partial charge in [-0.05, 0) is 42.5 Å². The summed E-state index contributed by atoms with van der Waals surface area (Å²) in [6.45, 7) is 3.77. The number of likely N-dealkylation sites (tertiary alicyclic amines) is 1. The quantitative estimate of drug-likeness (QED) is 0.618. The largest absolute Gasteiger partial charge is 0.421 e. The van der Waals surface area contributed by atoms with Crippen molar-refractivity contribution in [2.24, 2.45) is 0 Å². The van der Waals surface area contributed by atoms with Crippen LogP contribution in [0.25, 0.3) is 0 Å². The number of halogens is 3. The number of anilines is 1. The van der Waals surface area contributed by atoms with Crippen LogP contribution >= 0.6 is 11.3 Å². The Kier molecular flexibility index (Phi) is 6.42. The van der Waals surface area contributed by atoms with Gasteiger partial charge in [-0.1, -0.05) is 18.2 Å². The summed E-state index contributed by atoms with van der Waals surface area (Å²) in [7, 11) is -3.62. The van der Waals surface area contributed by atoms with Gasteiger partial charge in [-0.15, -0.1) is 11.3 Å². The first-order chi connectivity index (χ1) is 16.5. The van der Waals surface area contributed by atoms with E-state index in [2.05, 4.69) is 9.80 Å². The summed E-state index contributed by atoms with van der Waals surface area (Å²) >= 11 is 1.18. The van der Waals surface area contributed by atoms with Gasteiger partial charge in [0.05, 0.1) is 18.8 Å². The van der Waals surface area contributed by atoms with E-state index < -0.39 is 21.8 Å². The molecule has 0 spiro atoms. The number of alkyl halides is 3. The lowest BCUT2D eigenvalue weighted by molar-refractivity contribution is -0.258. The standard InChI is InChI=1S/C23H28F3N3O4S2/c1-22(30,23(24,25)26)16-4-6-17(7-5-16)29-9-8-28(35(31,32)21-3-2-10-34-21)13-19(29)12-27-14-20-11-18(27)15-33-20/h2-7,10,18-20,30H,8-9,11-15H2,1H3/t18-,19-,20-,22-/m1/s1. The molecule has 3 fully saturated rings. The Morgan fingerprint density at radius 2 is 1.89 bits per heavy atom. The van der Waals surface area contributed by atoms with Gasteiger partial charge in [-0.25, -0.2) is 8.42 Å². The number of nitrogens with zero attached hydrogens (tertiary/aromatic N) is 3. The third-order valence-corrected chi connectivity index (χ3v) is 10.5. The average Bonchev–Trinajstić information content (AvgIpc) is 3.57. The molecule has 1 aromatic heterocycles. The lowest BCUT2D eigenvalue weighted by atomic mass is 9.95. The zero-order valence-corrected chi connectivity index (χ0v) is 20.8. The lowest BCUT2D eigenvalue weighted by Gasteiger charge is -2.44. The molecule has 0 amide bonds. The Bertz CT molecular complexity index is 1140. The van der Waals surface area contributed by atoms with E-state index in [0.29, 0.717) is 35.6 Å². The van der Waals surface area contributed by atoms with Crippen LogP contribution in [0.15, 0.2) is 46.0 Å². The number of rotatable bonds is 6. The zero-order chi connectivity index (χ0) is 25.0. The van der Waals surface area contributed by atoms with E-state index in [1.807, 2.05) is 0 Å². The fourth-order valence-corrected chi connectivity index (χ4v) is 7.81. The molecule has 0 saturated carbocycles. The molecule has 5 rings (SSSR count). The number of fused-ring (bicyclic) bond motifs is 2. The minimum absolute atomic E-state index is 0.188. The first kappa shape index (κ1) is 25.0. The summed E-state index contributed by atoms with van der Waals surface area (Å²) in [5, 5.41) is 11.7. The van der Waals surface area contributed by atoms with Gasteiger partial charge < -0.3 is 14.7 Å². The van der Waals surface area contributed by atoms with Crippen LogP contribution in [0.3, 0.4) is 0 Å². The van der Waals surface area contributed by atoms with Crippen molar-refractivity contribution < 1.29 is 31.4 Å². The summed E-state index contributed by atoms with van der Waals surface area (Å²) in [5.41, 5.74) is -2.49. The second kappa shape index (κ2) is 9.00. The fraction of sp³-hybridized carbons (Fsp3) is 0.565. The topological polar surface area (TPSA) is 73.3 Å². The normalized spacial score (nSPS) is 27.9.